The summed E-state index contributed by atoms with van der Waals surface area (Å²) < 4.78 is 1.89. The van der Waals surface area contributed by atoms with Crippen LogP contribution >= 0.6 is 58.5 Å². The van der Waals surface area contributed by atoms with E-state index in [0.29, 0.717) is 45.0 Å². The molecule has 0 radical (unpaired) electrons. The van der Waals surface area contributed by atoms with E-state index in [1.54, 1.807) is 18.2 Å². The summed E-state index contributed by atoms with van der Waals surface area (Å²) in [5.74, 6) is -1.97. The fourth-order valence-corrected chi connectivity index (χ4v) is 7.69. The van der Waals surface area contributed by atoms with E-state index in [4.69, 9.17) is 28.3 Å². The van der Waals surface area contributed by atoms with Crippen molar-refractivity contribution < 1.29 is 34.0 Å². The van der Waals surface area contributed by atoms with Gasteiger partial charge in [0.2, 0.25) is 5.91 Å². The van der Waals surface area contributed by atoms with E-state index in [-0.39, 0.29) is 23.8 Å². The van der Waals surface area contributed by atoms with Crippen LogP contribution in [0.1, 0.15) is 12.8 Å². The first-order valence-electron chi connectivity index (χ1n) is 11.7. The first kappa shape index (κ1) is 29.6. The van der Waals surface area contributed by atoms with Gasteiger partial charge in [-0.2, -0.15) is 0 Å². The third-order valence-electron chi connectivity index (χ3n) is 5.90. The largest absolute Gasteiger partial charge is 0.481 e. The van der Waals surface area contributed by atoms with E-state index in [1.165, 1.54) is 40.2 Å². The summed E-state index contributed by atoms with van der Waals surface area (Å²) >= 11 is 16.2. The van der Waals surface area contributed by atoms with Crippen LogP contribution in [0.15, 0.2) is 63.8 Å². The molecule has 3 heterocycles. The van der Waals surface area contributed by atoms with E-state index >= 15 is 0 Å². The van der Waals surface area contributed by atoms with Crippen molar-refractivity contribution in [3.05, 3.63) is 64.0 Å². The Bertz CT molecular complexity index is 1320. The van der Waals surface area contributed by atoms with Crippen molar-refractivity contribution in [3.8, 4) is 0 Å². The number of nitrogens with zero attached hydrogens (tertiary/aromatic N) is 2. The van der Waals surface area contributed by atoms with Gasteiger partial charge in [0.05, 0.1) is 17.2 Å². The highest BCUT2D eigenvalue weighted by atomic mass is 35.5. The monoisotopic (exact) mass is 628 g/mol. The average molecular weight is 630 g/mol. The lowest BCUT2D eigenvalue weighted by atomic mass is 10.0. The van der Waals surface area contributed by atoms with E-state index in [2.05, 4.69) is 5.32 Å². The lowest BCUT2D eigenvalue weighted by molar-refractivity contribution is -0.697. The van der Waals surface area contributed by atoms with Gasteiger partial charge in [0.25, 0.3) is 5.91 Å². The summed E-state index contributed by atoms with van der Waals surface area (Å²) in [4.78, 5) is 51.1. The number of nitrogens with one attached hydrogen (secondary N) is 1. The van der Waals surface area contributed by atoms with Crippen LogP contribution in [0, 0.1) is 0 Å². The van der Waals surface area contributed by atoms with Crippen molar-refractivity contribution in [2.24, 2.45) is 0 Å². The maximum atomic E-state index is 12.9. The molecule has 206 valence electrons. The summed E-state index contributed by atoms with van der Waals surface area (Å²) in [6, 6.07) is 7.94. The maximum absolute atomic E-state index is 12.9. The number of carbonyl (C=O) groups excluding carboxylic acids is 2. The van der Waals surface area contributed by atoms with Crippen molar-refractivity contribution in [2.75, 3.05) is 17.3 Å². The standard InChI is InChI=1S/C25H23Cl2N3O6S3/c26-15-3-4-17(27)18(10-15)38-13-19(31)28-21-23(34)30-22(25(35)36)14(12-39-24(21)30)11-37-16-5-8-29(9-6-16)7-1-2-20(32)33/h3-6,8-10,21,24H,1-2,7,11-13H2,(H2-,28,31,32,33,35,36)/p+1/t21-,24+/m0/s1. The van der Waals surface area contributed by atoms with E-state index in [1.807, 2.05) is 29.1 Å². The molecule has 0 spiro atoms. The maximum Gasteiger partial charge on any atom is 0.352 e. The molecule has 1 fully saturated rings. The minimum absolute atomic E-state index is 0.0264. The zero-order valence-corrected chi connectivity index (χ0v) is 24.3. The second-order valence-corrected chi connectivity index (χ2v) is 12.6. The second kappa shape index (κ2) is 13.3. The Morgan fingerprint density at radius 3 is 2.56 bits per heavy atom. The molecule has 2 atom stereocenters. The number of fused-ring (bicyclic) bond motifs is 1. The number of hydrogen-bond donors (Lipinski definition) is 3. The molecular weight excluding hydrogens is 605 g/mol. The molecule has 2 aromatic rings. The van der Waals surface area contributed by atoms with Crippen LogP contribution in [0.2, 0.25) is 10.0 Å². The van der Waals surface area contributed by atoms with Gasteiger partial charge in [-0.3, -0.25) is 19.3 Å². The molecule has 0 unspecified atom stereocenters. The molecule has 0 aliphatic carbocycles. The SMILES string of the molecule is O=C(O)CCC[n+]1ccc(SCC2=C(C(=O)O)N3C(=O)[C@H](NC(=O)CSc4cc(Cl)ccc4Cl)[C@H]3SC2)cc1. The van der Waals surface area contributed by atoms with Crippen molar-refractivity contribution in [1.29, 1.82) is 0 Å². The summed E-state index contributed by atoms with van der Waals surface area (Å²) in [5.41, 5.74) is 0.609. The van der Waals surface area contributed by atoms with Gasteiger partial charge in [-0.05, 0) is 23.8 Å². The molecular formula is C25H24Cl2N3O6S3+. The molecule has 39 heavy (non-hydrogen) atoms. The number of aromatic nitrogens is 1. The van der Waals surface area contributed by atoms with Crippen LogP contribution in [0.3, 0.4) is 0 Å². The van der Waals surface area contributed by atoms with Crippen molar-refractivity contribution in [2.45, 2.75) is 40.6 Å². The summed E-state index contributed by atoms with van der Waals surface area (Å²) in [6.07, 6.45) is 4.34. The first-order chi connectivity index (χ1) is 18.6. The van der Waals surface area contributed by atoms with Crippen LogP contribution in [-0.2, 0) is 25.7 Å². The van der Waals surface area contributed by atoms with E-state index in [9.17, 15) is 24.3 Å². The van der Waals surface area contributed by atoms with Crippen LogP contribution in [-0.4, -0.2) is 67.5 Å². The average Bonchev–Trinajstić information content (AvgIpc) is 2.90. The second-order valence-electron chi connectivity index (χ2n) is 8.63. The number of halogens is 2. The number of carboxylic acids is 2. The fraction of sp³-hybridized carbons (Fsp3) is 0.320. The van der Waals surface area contributed by atoms with Crippen LogP contribution < -0.4 is 9.88 Å². The topological polar surface area (TPSA) is 128 Å². The van der Waals surface area contributed by atoms with Crippen LogP contribution in [0.25, 0.3) is 0 Å². The Hall–Kier alpha value is -2.38. The zero-order valence-electron chi connectivity index (χ0n) is 20.3. The van der Waals surface area contributed by atoms with E-state index in [0.717, 1.165) is 4.90 Å². The molecule has 4 rings (SSSR count). The molecule has 0 bridgehead atoms. The quantitative estimate of drug-likeness (QED) is 0.183. The molecule has 0 saturated carbocycles. The normalized spacial score (nSPS) is 18.4. The van der Waals surface area contributed by atoms with Gasteiger partial charge in [0.15, 0.2) is 12.4 Å². The molecule has 1 aromatic carbocycles. The molecule has 14 heteroatoms. The van der Waals surface area contributed by atoms with Gasteiger partial charge < -0.3 is 15.5 Å². The Balaban J connectivity index is 1.33. The number of aliphatic carboxylic acids is 2. The van der Waals surface area contributed by atoms with Crippen molar-refractivity contribution >= 4 is 82.2 Å². The highest BCUT2D eigenvalue weighted by molar-refractivity contribution is 8.01. The third-order valence-corrected chi connectivity index (χ3v) is 10.1. The molecule has 3 N–H and O–H groups in total. The molecule has 1 aromatic heterocycles. The van der Waals surface area contributed by atoms with Crippen LogP contribution in [0.4, 0.5) is 0 Å². The van der Waals surface area contributed by atoms with Crippen molar-refractivity contribution in [1.82, 2.24) is 10.2 Å². The number of rotatable bonds is 12. The number of hydrogen-bond acceptors (Lipinski definition) is 7. The molecule has 1 saturated heterocycles. The number of pyridine rings is 1. The fourth-order valence-electron chi connectivity index (χ4n) is 4.01. The van der Waals surface area contributed by atoms with Gasteiger partial charge in [-0.25, -0.2) is 9.36 Å². The van der Waals surface area contributed by atoms with Gasteiger partial charge >= 0.3 is 11.9 Å². The highest BCUT2D eigenvalue weighted by Crippen LogP contribution is 2.41. The molecule has 9 nitrogen and oxygen atoms in total. The lowest BCUT2D eigenvalue weighted by Crippen LogP contribution is -2.70. The number of aryl methyl sites for hydroxylation is 1. The van der Waals surface area contributed by atoms with Crippen LogP contribution in [0.5, 0.6) is 0 Å². The van der Waals surface area contributed by atoms with Gasteiger partial charge in [-0.15, -0.1) is 35.3 Å². The summed E-state index contributed by atoms with van der Waals surface area (Å²) in [6.45, 7) is 0.589. The third kappa shape index (κ3) is 7.43. The number of carbonyl (C=O) groups is 4. The summed E-state index contributed by atoms with van der Waals surface area (Å²) in [5, 5.41) is 21.9. The van der Waals surface area contributed by atoms with Gasteiger partial charge in [0.1, 0.15) is 23.7 Å². The van der Waals surface area contributed by atoms with E-state index < -0.39 is 29.3 Å². The number of β-lactam (4-membered cyclic amide) rings is 1. The minimum Gasteiger partial charge on any atom is -0.481 e. The number of carboxylic acid groups (broad SMARTS) is 2. The smallest absolute Gasteiger partial charge is 0.352 e. The predicted octanol–water partition coefficient (Wildman–Crippen LogP) is 3.77. The Labute approximate surface area is 247 Å². The first-order valence-corrected chi connectivity index (χ1v) is 15.5. The minimum atomic E-state index is -1.18. The van der Waals surface area contributed by atoms with Gasteiger partial charge in [0, 0.05) is 44.9 Å². The highest BCUT2D eigenvalue weighted by Gasteiger charge is 2.54. The summed E-state index contributed by atoms with van der Waals surface area (Å²) in [7, 11) is 0. The lowest BCUT2D eigenvalue weighted by Gasteiger charge is -2.49. The number of amides is 2. The Kier molecular flexibility index (Phi) is 10.1. The number of benzene rings is 1. The Morgan fingerprint density at radius 2 is 1.87 bits per heavy atom. The molecule has 2 aliphatic rings. The van der Waals surface area contributed by atoms with Gasteiger partial charge in [-0.1, -0.05) is 23.2 Å². The Morgan fingerprint density at radius 1 is 1.13 bits per heavy atom. The number of thioether (sulfide) groups is 3. The zero-order chi connectivity index (χ0) is 28.1. The molecule has 2 aliphatic heterocycles. The molecule has 2 amide bonds. The predicted molar refractivity (Wildman–Crippen MR) is 151 cm³/mol. The van der Waals surface area contributed by atoms with Crippen molar-refractivity contribution in [3.63, 3.8) is 0 Å².